The van der Waals surface area contributed by atoms with Crippen LogP contribution in [0.5, 0.6) is 0 Å². The Labute approximate surface area is 156 Å². The third-order valence-electron chi connectivity index (χ3n) is 5.49. The van der Waals surface area contributed by atoms with Gasteiger partial charge in [0.15, 0.2) is 0 Å². The Hall–Kier alpha value is -1.44. The normalized spacial score (nSPS) is 25.0. The molecule has 1 heterocycles. The number of nitrogens with zero attached hydrogens (tertiary/aromatic N) is 1. The molecule has 1 N–H and O–H groups in total. The third kappa shape index (κ3) is 4.10. The van der Waals surface area contributed by atoms with Gasteiger partial charge in [0.25, 0.3) is 5.91 Å². The van der Waals surface area contributed by atoms with Crippen molar-refractivity contribution < 1.29 is 17.9 Å². The van der Waals surface area contributed by atoms with Gasteiger partial charge in [0.1, 0.15) is 0 Å². The van der Waals surface area contributed by atoms with Crippen LogP contribution in [0.2, 0.25) is 0 Å². The number of amides is 1. The largest absolute Gasteiger partial charge is 0.379 e. The minimum absolute atomic E-state index is 0.162. The lowest BCUT2D eigenvalue weighted by Crippen LogP contribution is -2.42. The number of benzene rings is 1. The minimum Gasteiger partial charge on any atom is -0.379 e. The molecule has 2 atom stereocenters. The number of hydrogen-bond donors (Lipinski definition) is 1. The molecule has 7 heteroatoms. The molecule has 6 nitrogen and oxygen atoms in total. The Kier molecular flexibility index (Phi) is 5.99. The van der Waals surface area contributed by atoms with Crippen LogP contribution in [0.25, 0.3) is 0 Å². The van der Waals surface area contributed by atoms with Gasteiger partial charge in [0.2, 0.25) is 10.0 Å². The number of nitrogens with one attached hydrogen (secondary N) is 1. The first-order valence-electron chi connectivity index (χ1n) is 9.39. The second-order valence-corrected chi connectivity index (χ2v) is 9.27. The second-order valence-electron chi connectivity index (χ2n) is 7.33. The van der Waals surface area contributed by atoms with Crippen molar-refractivity contribution in [1.29, 1.82) is 0 Å². The van der Waals surface area contributed by atoms with Gasteiger partial charge in [-0.05, 0) is 43.4 Å². The number of ether oxygens (including phenoxy) is 1. The molecule has 1 saturated heterocycles. The molecule has 0 aromatic heterocycles. The van der Waals surface area contributed by atoms with Crippen molar-refractivity contribution in [2.24, 2.45) is 5.92 Å². The number of sulfonamides is 1. The van der Waals surface area contributed by atoms with Crippen LogP contribution in [0, 0.1) is 12.8 Å². The molecular formula is C19H28N2O4S. The molecule has 1 aliphatic heterocycles. The van der Waals surface area contributed by atoms with Gasteiger partial charge < -0.3 is 10.1 Å². The monoisotopic (exact) mass is 380 g/mol. The maximum atomic E-state index is 12.9. The summed E-state index contributed by atoms with van der Waals surface area (Å²) >= 11 is 0. The van der Waals surface area contributed by atoms with Gasteiger partial charge in [-0.2, -0.15) is 4.31 Å². The first kappa shape index (κ1) is 19.3. The van der Waals surface area contributed by atoms with E-state index in [1.165, 1.54) is 16.8 Å². The number of carbonyl (C=O) groups excluding carboxylic acids is 1. The number of hydrogen-bond acceptors (Lipinski definition) is 4. The molecule has 0 radical (unpaired) electrons. The summed E-state index contributed by atoms with van der Waals surface area (Å²) in [5.74, 6) is 0.272. The van der Waals surface area contributed by atoms with Gasteiger partial charge in [-0.25, -0.2) is 8.42 Å². The lowest BCUT2D eigenvalue weighted by molar-refractivity contribution is 0.0730. The molecule has 3 rings (SSSR count). The number of rotatable bonds is 4. The lowest BCUT2D eigenvalue weighted by atomic mass is 9.86. The molecule has 144 valence electrons. The zero-order valence-electron chi connectivity index (χ0n) is 15.5. The zero-order chi connectivity index (χ0) is 18.7. The molecule has 0 bridgehead atoms. The Morgan fingerprint density at radius 1 is 1.19 bits per heavy atom. The predicted molar refractivity (Wildman–Crippen MR) is 99.6 cm³/mol. The fourth-order valence-corrected chi connectivity index (χ4v) is 5.15. The highest BCUT2D eigenvalue weighted by atomic mass is 32.2. The van der Waals surface area contributed by atoms with Crippen LogP contribution in [0.3, 0.4) is 0 Å². The molecule has 1 aromatic rings. The number of morpholine rings is 1. The summed E-state index contributed by atoms with van der Waals surface area (Å²) < 4.78 is 32.4. The standard InChI is InChI=1S/C19H28N2O4S/c1-14-7-8-16(26(23,24)21-9-11-25-12-10-21)13-17(14)19(22)20-18-6-4-3-5-15(18)2/h7-8,13,15,18H,3-6,9-12H2,1-2H3,(H,20,22)/t15-,18-/m0/s1. The van der Waals surface area contributed by atoms with Gasteiger partial charge in [-0.15, -0.1) is 0 Å². The molecule has 0 unspecified atom stereocenters. The van der Waals surface area contributed by atoms with E-state index in [0.29, 0.717) is 37.8 Å². The topological polar surface area (TPSA) is 75.7 Å². The first-order valence-corrected chi connectivity index (χ1v) is 10.8. The van der Waals surface area contributed by atoms with Crippen molar-refractivity contribution in [1.82, 2.24) is 9.62 Å². The molecule has 1 saturated carbocycles. The summed E-state index contributed by atoms with van der Waals surface area (Å²) in [5, 5.41) is 3.12. The van der Waals surface area contributed by atoms with Crippen LogP contribution in [0.15, 0.2) is 23.1 Å². The van der Waals surface area contributed by atoms with Crippen LogP contribution in [0.4, 0.5) is 0 Å². The molecule has 0 spiro atoms. The molecule has 1 aliphatic carbocycles. The van der Waals surface area contributed by atoms with Crippen LogP contribution < -0.4 is 5.32 Å². The van der Waals surface area contributed by atoms with E-state index in [4.69, 9.17) is 4.74 Å². The smallest absolute Gasteiger partial charge is 0.251 e. The second kappa shape index (κ2) is 8.06. The van der Waals surface area contributed by atoms with E-state index in [9.17, 15) is 13.2 Å². The van der Waals surface area contributed by atoms with Gasteiger partial charge >= 0.3 is 0 Å². The van der Waals surface area contributed by atoms with Gasteiger partial charge in [0, 0.05) is 24.7 Å². The summed E-state index contributed by atoms with van der Waals surface area (Å²) in [4.78, 5) is 13.0. The van der Waals surface area contributed by atoms with Crippen LogP contribution in [0.1, 0.15) is 48.5 Å². The highest BCUT2D eigenvalue weighted by molar-refractivity contribution is 7.89. The van der Waals surface area contributed by atoms with Crippen LogP contribution in [-0.4, -0.2) is 51.0 Å². The average Bonchev–Trinajstić information content (AvgIpc) is 2.64. The van der Waals surface area contributed by atoms with E-state index in [2.05, 4.69) is 12.2 Å². The predicted octanol–water partition coefficient (Wildman–Crippen LogP) is 2.32. The zero-order valence-corrected chi connectivity index (χ0v) is 16.3. The molecule has 2 fully saturated rings. The first-order chi connectivity index (χ1) is 12.4. The van der Waals surface area contributed by atoms with Crippen molar-refractivity contribution in [2.45, 2.75) is 50.5 Å². The lowest BCUT2D eigenvalue weighted by Gasteiger charge is -2.30. The molecule has 1 amide bonds. The molecule has 2 aliphatic rings. The van der Waals surface area contributed by atoms with E-state index in [-0.39, 0.29) is 16.8 Å². The molecular weight excluding hydrogens is 352 g/mol. The fourth-order valence-electron chi connectivity index (χ4n) is 3.72. The fraction of sp³-hybridized carbons (Fsp3) is 0.632. The van der Waals surface area contributed by atoms with Crippen molar-refractivity contribution in [3.8, 4) is 0 Å². The van der Waals surface area contributed by atoms with E-state index in [1.807, 2.05) is 6.92 Å². The summed E-state index contributed by atoms with van der Waals surface area (Å²) in [7, 11) is -3.61. The summed E-state index contributed by atoms with van der Waals surface area (Å²) in [6.07, 6.45) is 4.44. The molecule has 26 heavy (non-hydrogen) atoms. The maximum absolute atomic E-state index is 12.9. The van der Waals surface area contributed by atoms with Gasteiger partial charge in [-0.1, -0.05) is 25.8 Å². The number of carbonyl (C=O) groups is 1. The Morgan fingerprint density at radius 2 is 1.88 bits per heavy atom. The van der Waals surface area contributed by atoms with E-state index in [0.717, 1.165) is 24.8 Å². The maximum Gasteiger partial charge on any atom is 0.251 e. The molecule has 1 aromatic carbocycles. The number of aryl methyl sites for hydroxylation is 1. The van der Waals surface area contributed by atoms with Gasteiger partial charge in [0.05, 0.1) is 18.1 Å². The van der Waals surface area contributed by atoms with Crippen molar-refractivity contribution in [2.75, 3.05) is 26.3 Å². The Morgan fingerprint density at radius 3 is 2.58 bits per heavy atom. The van der Waals surface area contributed by atoms with Crippen LogP contribution >= 0.6 is 0 Å². The van der Waals surface area contributed by atoms with Gasteiger partial charge in [-0.3, -0.25) is 4.79 Å². The highest BCUT2D eigenvalue weighted by Crippen LogP contribution is 2.25. The SMILES string of the molecule is Cc1ccc(S(=O)(=O)N2CCOCC2)cc1C(=O)N[C@H]1CCCC[C@@H]1C. The van der Waals surface area contributed by atoms with E-state index < -0.39 is 10.0 Å². The summed E-state index contributed by atoms with van der Waals surface area (Å²) in [6.45, 7) is 5.49. The minimum atomic E-state index is -3.61. The third-order valence-corrected chi connectivity index (χ3v) is 7.38. The Bertz CT molecular complexity index is 757. The van der Waals surface area contributed by atoms with E-state index >= 15 is 0 Å². The quantitative estimate of drug-likeness (QED) is 0.870. The Balaban J connectivity index is 1.81. The summed E-state index contributed by atoms with van der Waals surface area (Å²) in [6, 6.07) is 4.98. The summed E-state index contributed by atoms with van der Waals surface area (Å²) in [5.41, 5.74) is 1.23. The highest BCUT2D eigenvalue weighted by Gasteiger charge is 2.28. The van der Waals surface area contributed by atoms with E-state index in [1.54, 1.807) is 12.1 Å². The average molecular weight is 381 g/mol. The van der Waals surface area contributed by atoms with Crippen molar-refractivity contribution in [3.05, 3.63) is 29.3 Å². The van der Waals surface area contributed by atoms with Crippen LogP contribution in [-0.2, 0) is 14.8 Å². The van der Waals surface area contributed by atoms with Crippen molar-refractivity contribution in [3.63, 3.8) is 0 Å². The van der Waals surface area contributed by atoms with Crippen molar-refractivity contribution >= 4 is 15.9 Å².